The quantitative estimate of drug-likeness (QED) is 0.850. The Morgan fingerprint density at radius 1 is 1.29 bits per heavy atom. The van der Waals surface area contributed by atoms with Crippen LogP contribution in [0.25, 0.3) is 0 Å². The van der Waals surface area contributed by atoms with Gasteiger partial charge in [-0.2, -0.15) is 11.8 Å². The molecule has 3 atom stereocenters. The molecule has 2 amide bonds. The van der Waals surface area contributed by atoms with Crippen LogP contribution in [0, 0.1) is 11.3 Å². The van der Waals surface area contributed by atoms with Gasteiger partial charge in [0.25, 0.3) is 0 Å². The zero-order valence-electron chi connectivity index (χ0n) is 13.3. The minimum absolute atomic E-state index is 0.0124. The molecular formula is C15H26N2O3S. The van der Waals surface area contributed by atoms with Crippen LogP contribution in [0.3, 0.4) is 0 Å². The number of aliphatic carboxylic acids is 1. The van der Waals surface area contributed by atoms with Crippen LogP contribution in [0.5, 0.6) is 0 Å². The van der Waals surface area contributed by atoms with Crippen molar-refractivity contribution in [1.29, 1.82) is 0 Å². The number of thioether (sulfide) groups is 1. The van der Waals surface area contributed by atoms with Gasteiger partial charge in [0.05, 0.1) is 5.41 Å². The molecule has 2 rings (SSSR count). The third kappa shape index (κ3) is 2.87. The Balaban J connectivity index is 2.10. The van der Waals surface area contributed by atoms with Crippen LogP contribution in [0.15, 0.2) is 0 Å². The lowest BCUT2D eigenvalue weighted by Crippen LogP contribution is -2.53. The van der Waals surface area contributed by atoms with E-state index in [9.17, 15) is 14.7 Å². The predicted molar refractivity (Wildman–Crippen MR) is 84.6 cm³/mol. The van der Waals surface area contributed by atoms with Crippen molar-refractivity contribution in [1.82, 2.24) is 9.80 Å². The van der Waals surface area contributed by atoms with Crippen molar-refractivity contribution in [3.8, 4) is 0 Å². The first-order valence-corrected chi connectivity index (χ1v) is 8.75. The summed E-state index contributed by atoms with van der Waals surface area (Å²) >= 11 is 1.89. The molecule has 0 spiro atoms. The van der Waals surface area contributed by atoms with E-state index in [2.05, 4.69) is 13.8 Å². The van der Waals surface area contributed by atoms with Crippen molar-refractivity contribution in [2.24, 2.45) is 11.3 Å². The number of urea groups is 1. The molecule has 2 heterocycles. The Hall–Kier alpha value is -0.910. The van der Waals surface area contributed by atoms with E-state index in [4.69, 9.17) is 0 Å². The van der Waals surface area contributed by atoms with Crippen molar-refractivity contribution in [2.45, 2.75) is 45.4 Å². The van der Waals surface area contributed by atoms with E-state index in [1.807, 2.05) is 30.5 Å². The minimum Gasteiger partial charge on any atom is -0.481 e. The Morgan fingerprint density at radius 3 is 2.48 bits per heavy atom. The first-order valence-electron chi connectivity index (χ1n) is 7.70. The number of nitrogens with zero attached hydrogens (tertiary/aromatic N) is 2. The standard InChI is InChI=1S/C15H26N2O3S/c1-10(2)15(13(18)19)5-6-16(9-15)14(20)17-7-8-21-12(4)11(17)3/h10-12H,5-9H2,1-4H3,(H,18,19). The van der Waals surface area contributed by atoms with Crippen LogP contribution in [-0.4, -0.2) is 63.6 Å². The lowest BCUT2D eigenvalue weighted by atomic mass is 9.76. The molecule has 0 radical (unpaired) electrons. The maximum Gasteiger partial charge on any atom is 0.320 e. The average Bonchev–Trinajstić information content (AvgIpc) is 2.87. The summed E-state index contributed by atoms with van der Waals surface area (Å²) in [6, 6.07) is 0.216. The second-order valence-electron chi connectivity index (χ2n) is 6.58. The van der Waals surface area contributed by atoms with Gasteiger partial charge in [0.15, 0.2) is 0 Å². The van der Waals surface area contributed by atoms with E-state index in [0.717, 1.165) is 12.3 Å². The number of carbonyl (C=O) groups excluding carboxylic acids is 1. The smallest absolute Gasteiger partial charge is 0.320 e. The van der Waals surface area contributed by atoms with Crippen LogP contribution in [0.1, 0.15) is 34.1 Å². The summed E-state index contributed by atoms with van der Waals surface area (Å²) in [6.07, 6.45) is 0.554. The summed E-state index contributed by atoms with van der Waals surface area (Å²) in [7, 11) is 0. The molecule has 21 heavy (non-hydrogen) atoms. The molecule has 0 aromatic heterocycles. The summed E-state index contributed by atoms with van der Waals surface area (Å²) in [5, 5.41) is 10.0. The highest BCUT2D eigenvalue weighted by atomic mass is 32.2. The fraction of sp³-hybridized carbons (Fsp3) is 0.867. The van der Waals surface area contributed by atoms with Crippen molar-refractivity contribution in [3.05, 3.63) is 0 Å². The molecule has 0 aromatic carbocycles. The Morgan fingerprint density at radius 2 is 1.95 bits per heavy atom. The van der Waals surface area contributed by atoms with Gasteiger partial charge in [-0.25, -0.2) is 4.79 Å². The summed E-state index contributed by atoms with van der Waals surface area (Å²) < 4.78 is 0. The summed E-state index contributed by atoms with van der Waals surface area (Å²) in [4.78, 5) is 28.1. The van der Waals surface area contributed by atoms with E-state index < -0.39 is 11.4 Å². The lowest BCUT2D eigenvalue weighted by molar-refractivity contribution is -0.150. The molecule has 0 bridgehead atoms. The van der Waals surface area contributed by atoms with Crippen molar-refractivity contribution in [2.75, 3.05) is 25.4 Å². The summed E-state index contributed by atoms with van der Waals surface area (Å²) in [5.41, 5.74) is -0.783. The van der Waals surface area contributed by atoms with Gasteiger partial charge in [-0.15, -0.1) is 0 Å². The van der Waals surface area contributed by atoms with Gasteiger partial charge in [0.1, 0.15) is 0 Å². The minimum atomic E-state index is -0.783. The van der Waals surface area contributed by atoms with Gasteiger partial charge in [0, 0.05) is 36.7 Å². The Bertz CT molecular complexity index is 429. The zero-order valence-corrected chi connectivity index (χ0v) is 14.2. The number of carboxylic acid groups (broad SMARTS) is 1. The van der Waals surface area contributed by atoms with E-state index >= 15 is 0 Å². The second kappa shape index (κ2) is 6.07. The van der Waals surface area contributed by atoms with Gasteiger partial charge in [-0.1, -0.05) is 20.8 Å². The highest BCUT2D eigenvalue weighted by Gasteiger charge is 2.49. The topological polar surface area (TPSA) is 60.9 Å². The molecule has 2 aliphatic heterocycles. The summed E-state index contributed by atoms with van der Waals surface area (Å²) in [5.74, 6) is 0.212. The third-order valence-corrected chi connectivity index (χ3v) is 6.57. The molecule has 2 aliphatic rings. The molecule has 0 aliphatic carbocycles. The molecule has 0 aromatic rings. The van der Waals surface area contributed by atoms with Crippen molar-refractivity contribution in [3.63, 3.8) is 0 Å². The van der Waals surface area contributed by atoms with Crippen LogP contribution in [0.2, 0.25) is 0 Å². The van der Waals surface area contributed by atoms with Gasteiger partial charge in [0.2, 0.25) is 0 Å². The van der Waals surface area contributed by atoms with Crippen molar-refractivity contribution >= 4 is 23.8 Å². The molecule has 0 saturated carbocycles. The molecule has 1 N–H and O–H groups in total. The number of hydrogen-bond donors (Lipinski definition) is 1. The highest BCUT2D eigenvalue weighted by Crippen LogP contribution is 2.39. The van der Waals surface area contributed by atoms with E-state index in [1.54, 1.807) is 4.90 Å². The van der Waals surface area contributed by atoms with E-state index in [1.165, 1.54) is 0 Å². The van der Waals surface area contributed by atoms with Crippen LogP contribution in [-0.2, 0) is 4.79 Å². The summed E-state index contributed by atoms with van der Waals surface area (Å²) in [6.45, 7) is 9.74. The van der Waals surface area contributed by atoms with Crippen molar-refractivity contribution < 1.29 is 14.7 Å². The van der Waals surface area contributed by atoms with Crippen LogP contribution in [0.4, 0.5) is 4.79 Å². The monoisotopic (exact) mass is 314 g/mol. The Labute approximate surface area is 131 Å². The average molecular weight is 314 g/mol. The molecule has 5 nitrogen and oxygen atoms in total. The van der Waals surface area contributed by atoms with Gasteiger partial charge >= 0.3 is 12.0 Å². The Kier molecular flexibility index (Phi) is 4.76. The van der Waals surface area contributed by atoms with Gasteiger partial charge in [-0.05, 0) is 19.3 Å². The number of amides is 2. The fourth-order valence-corrected chi connectivity index (χ4v) is 4.37. The molecule has 120 valence electrons. The van der Waals surface area contributed by atoms with Gasteiger partial charge in [-0.3, -0.25) is 4.79 Å². The normalized spacial score (nSPS) is 33.6. The number of carbonyl (C=O) groups is 2. The largest absolute Gasteiger partial charge is 0.481 e. The highest BCUT2D eigenvalue weighted by molar-refractivity contribution is 8.00. The lowest BCUT2D eigenvalue weighted by Gasteiger charge is -2.40. The fourth-order valence-electron chi connectivity index (χ4n) is 3.27. The molecule has 3 unspecified atom stereocenters. The van der Waals surface area contributed by atoms with Crippen LogP contribution < -0.4 is 0 Å². The molecule has 2 fully saturated rings. The van der Waals surface area contributed by atoms with Gasteiger partial charge < -0.3 is 14.9 Å². The number of likely N-dealkylation sites (tertiary alicyclic amines) is 1. The third-order valence-electron chi connectivity index (χ3n) is 5.23. The first-order chi connectivity index (χ1) is 9.79. The molecular weight excluding hydrogens is 288 g/mol. The number of rotatable bonds is 2. The molecule has 2 saturated heterocycles. The molecule has 6 heteroatoms. The second-order valence-corrected chi connectivity index (χ2v) is 8.07. The first kappa shape index (κ1) is 16.5. The predicted octanol–water partition coefficient (Wildman–Crippen LogP) is 2.36. The van der Waals surface area contributed by atoms with E-state index in [0.29, 0.717) is 24.8 Å². The zero-order chi connectivity index (χ0) is 15.8. The number of carboxylic acids is 1. The maximum absolute atomic E-state index is 12.7. The van der Waals surface area contributed by atoms with Crippen LogP contribution >= 0.6 is 11.8 Å². The number of hydrogen-bond acceptors (Lipinski definition) is 3. The van der Waals surface area contributed by atoms with E-state index in [-0.39, 0.29) is 18.0 Å². The maximum atomic E-state index is 12.7. The SMILES string of the molecule is CC1SCCN(C(=O)N2CCC(C(=O)O)(C(C)C)C2)C1C.